The van der Waals surface area contributed by atoms with E-state index in [2.05, 4.69) is 20.2 Å². The number of esters is 1. The van der Waals surface area contributed by atoms with Crippen molar-refractivity contribution in [1.29, 1.82) is 0 Å². The number of nitrogen functional groups attached to an aromatic ring is 1. The predicted molar refractivity (Wildman–Crippen MR) is 109 cm³/mol. The number of nitrogens with one attached hydrogen (secondary N) is 1. The first-order valence-corrected chi connectivity index (χ1v) is 9.84. The van der Waals surface area contributed by atoms with Crippen LogP contribution < -0.4 is 25.4 Å². The summed E-state index contributed by atoms with van der Waals surface area (Å²) in [5.41, 5.74) is 7.63. The molecule has 0 unspecified atom stereocenters. The maximum absolute atomic E-state index is 11.9. The van der Waals surface area contributed by atoms with Gasteiger partial charge in [-0.05, 0) is 31.9 Å². The standard InChI is InChI=1S/C20H25N5O4/c1-2-27-20(26)13-5-7-25(8-6-13)19-17(21)18(22-12-23-19)24-14-3-4-15-16(11-14)29-10-9-28-15/h3-4,11-13H,2,5-10,21H2,1H3,(H,22,23,24). The molecule has 3 N–H and O–H groups in total. The quantitative estimate of drug-likeness (QED) is 0.732. The largest absolute Gasteiger partial charge is 0.486 e. The van der Waals surface area contributed by atoms with Crippen molar-refractivity contribution < 1.29 is 19.0 Å². The summed E-state index contributed by atoms with van der Waals surface area (Å²) in [6.07, 6.45) is 2.92. The van der Waals surface area contributed by atoms with Crippen molar-refractivity contribution in [1.82, 2.24) is 9.97 Å². The number of nitrogens with two attached hydrogens (primary N) is 1. The topological polar surface area (TPSA) is 112 Å². The van der Waals surface area contributed by atoms with Crippen LogP contribution in [0.2, 0.25) is 0 Å². The minimum Gasteiger partial charge on any atom is -0.486 e. The lowest BCUT2D eigenvalue weighted by atomic mass is 9.97. The number of fused-ring (bicyclic) bond motifs is 1. The van der Waals surface area contributed by atoms with E-state index in [4.69, 9.17) is 19.9 Å². The number of piperidine rings is 1. The number of aromatic nitrogens is 2. The lowest BCUT2D eigenvalue weighted by Crippen LogP contribution is -2.37. The maximum atomic E-state index is 11.9. The second kappa shape index (κ2) is 8.42. The minimum absolute atomic E-state index is 0.0652. The normalized spacial score (nSPS) is 16.4. The average Bonchev–Trinajstić information content (AvgIpc) is 2.75. The highest BCUT2D eigenvalue weighted by Gasteiger charge is 2.28. The zero-order valence-electron chi connectivity index (χ0n) is 16.4. The second-order valence-corrected chi connectivity index (χ2v) is 6.96. The molecule has 0 saturated carbocycles. The minimum atomic E-state index is -0.122. The van der Waals surface area contributed by atoms with Gasteiger partial charge in [-0.2, -0.15) is 0 Å². The van der Waals surface area contributed by atoms with Crippen LogP contribution in [0.4, 0.5) is 23.0 Å². The van der Waals surface area contributed by atoms with Crippen molar-refractivity contribution in [3.05, 3.63) is 24.5 Å². The molecule has 1 aromatic carbocycles. The number of benzene rings is 1. The van der Waals surface area contributed by atoms with Gasteiger partial charge in [0, 0.05) is 24.8 Å². The summed E-state index contributed by atoms with van der Waals surface area (Å²) in [4.78, 5) is 22.7. The van der Waals surface area contributed by atoms with Crippen LogP contribution in [0.15, 0.2) is 24.5 Å². The van der Waals surface area contributed by atoms with Gasteiger partial charge in [0.1, 0.15) is 25.2 Å². The zero-order chi connectivity index (χ0) is 20.2. The summed E-state index contributed by atoms with van der Waals surface area (Å²) in [6, 6.07) is 5.61. The Balaban J connectivity index is 1.46. The molecule has 1 saturated heterocycles. The molecule has 1 aromatic heterocycles. The third kappa shape index (κ3) is 4.13. The first kappa shape index (κ1) is 19.1. The van der Waals surface area contributed by atoms with Gasteiger partial charge in [0.05, 0.1) is 12.5 Å². The van der Waals surface area contributed by atoms with Crippen molar-refractivity contribution in [2.24, 2.45) is 5.92 Å². The molecule has 0 bridgehead atoms. The third-order valence-corrected chi connectivity index (χ3v) is 5.08. The van der Waals surface area contributed by atoms with Crippen molar-refractivity contribution in [3.63, 3.8) is 0 Å². The Morgan fingerprint density at radius 2 is 2.00 bits per heavy atom. The monoisotopic (exact) mass is 399 g/mol. The highest BCUT2D eigenvalue weighted by molar-refractivity contribution is 5.79. The van der Waals surface area contributed by atoms with E-state index in [0.717, 1.165) is 11.4 Å². The van der Waals surface area contributed by atoms with Gasteiger partial charge in [-0.1, -0.05) is 0 Å². The van der Waals surface area contributed by atoms with Crippen molar-refractivity contribution >= 4 is 29.0 Å². The van der Waals surface area contributed by atoms with Crippen molar-refractivity contribution in [3.8, 4) is 11.5 Å². The molecule has 1 fully saturated rings. The molecule has 29 heavy (non-hydrogen) atoms. The van der Waals surface area contributed by atoms with Crippen LogP contribution in [0.1, 0.15) is 19.8 Å². The lowest BCUT2D eigenvalue weighted by Gasteiger charge is -2.32. The second-order valence-electron chi connectivity index (χ2n) is 6.96. The molecule has 154 valence electrons. The Labute approximate surface area is 169 Å². The van der Waals surface area contributed by atoms with Crippen LogP contribution in [0.25, 0.3) is 0 Å². The summed E-state index contributed by atoms with van der Waals surface area (Å²) in [5.74, 6) is 2.42. The van der Waals surface area contributed by atoms with Crippen LogP contribution in [-0.4, -0.2) is 48.8 Å². The SMILES string of the molecule is CCOC(=O)C1CCN(c2ncnc(Nc3ccc4c(c3)OCCO4)c2N)CC1. The molecule has 0 spiro atoms. The van der Waals surface area contributed by atoms with Gasteiger partial charge >= 0.3 is 5.97 Å². The lowest BCUT2D eigenvalue weighted by molar-refractivity contribution is -0.148. The first-order chi connectivity index (χ1) is 14.2. The van der Waals surface area contributed by atoms with Gasteiger partial charge < -0.3 is 30.2 Å². The smallest absolute Gasteiger partial charge is 0.309 e. The molecule has 3 heterocycles. The Morgan fingerprint density at radius 3 is 2.76 bits per heavy atom. The number of nitrogens with zero attached hydrogens (tertiary/aromatic N) is 3. The summed E-state index contributed by atoms with van der Waals surface area (Å²) in [7, 11) is 0. The Hall–Kier alpha value is -3.23. The fourth-order valence-corrected chi connectivity index (χ4v) is 3.58. The molecule has 0 atom stereocenters. The van der Waals surface area contributed by atoms with Gasteiger partial charge in [-0.15, -0.1) is 0 Å². The molecule has 9 nitrogen and oxygen atoms in total. The molecular weight excluding hydrogens is 374 g/mol. The Kier molecular flexibility index (Phi) is 5.55. The zero-order valence-corrected chi connectivity index (χ0v) is 16.4. The van der Waals surface area contributed by atoms with Crippen LogP contribution in [0, 0.1) is 5.92 Å². The van der Waals surface area contributed by atoms with Crippen molar-refractivity contribution in [2.45, 2.75) is 19.8 Å². The van der Waals surface area contributed by atoms with E-state index < -0.39 is 0 Å². The molecule has 9 heteroatoms. The number of hydrogen-bond donors (Lipinski definition) is 2. The average molecular weight is 399 g/mol. The van der Waals surface area contributed by atoms with E-state index in [1.54, 1.807) is 0 Å². The third-order valence-electron chi connectivity index (χ3n) is 5.08. The van der Waals surface area contributed by atoms with E-state index in [0.29, 0.717) is 68.8 Å². The summed E-state index contributed by atoms with van der Waals surface area (Å²) in [6.45, 7) is 4.69. The van der Waals surface area contributed by atoms with Gasteiger partial charge in [0.25, 0.3) is 0 Å². The van der Waals surface area contributed by atoms with E-state index in [9.17, 15) is 4.79 Å². The number of carbonyl (C=O) groups excluding carboxylic acids is 1. The molecule has 2 aliphatic rings. The molecule has 2 aromatic rings. The molecule has 0 radical (unpaired) electrons. The fourth-order valence-electron chi connectivity index (χ4n) is 3.58. The van der Waals surface area contributed by atoms with Gasteiger partial charge in [-0.3, -0.25) is 4.79 Å². The van der Waals surface area contributed by atoms with Crippen LogP contribution >= 0.6 is 0 Å². The number of ether oxygens (including phenoxy) is 3. The number of rotatable bonds is 5. The van der Waals surface area contributed by atoms with Crippen LogP contribution in [0.3, 0.4) is 0 Å². The molecule has 0 amide bonds. The Bertz CT molecular complexity index is 883. The first-order valence-electron chi connectivity index (χ1n) is 9.84. The summed E-state index contributed by atoms with van der Waals surface area (Å²) < 4.78 is 16.3. The van der Waals surface area contributed by atoms with E-state index in [1.807, 2.05) is 25.1 Å². The van der Waals surface area contributed by atoms with E-state index >= 15 is 0 Å². The summed E-state index contributed by atoms with van der Waals surface area (Å²) in [5, 5.41) is 3.23. The van der Waals surface area contributed by atoms with Crippen molar-refractivity contribution in [2.75, 3.05) is 48.9 Å². The molecule has 4 rings (SSSR count). The summed E-state index contributed by atoms with van der Waals surface area (Å²) >= 11 is 0. The van der Waals surface area contributed by atoms with Gasteiger partial charge in [-0.25, -0.2) is 9.97 Å². The Morgan fingerprint density at radius 1 is 1.24 bits per heavy atom. The van der Waals surface area contributed by atoms with Crippen LogP contribution in [0.5, 0.6) is 11.5 Å². The van der Waals surface area contributed by atoms with E-state index in [-0.39, 0.29) is 11.9 Å². The highest BCUT2D eigenvalue weighted by Crippen LogP contribution is 2.35. The molecule has 2 aliphatic heterocycles. The highest BCUT2D eigenvalue weighted by atomic mass is 16.6. The maximum Gasteiger partial charge on any atom is 0.309 e. The van der Waals surface area contributed by atoms with Gasteiger partial charge in [0.15, 0.2) is 23.1 Å². The van der Waals surface area contributed by atoms with E-state index in [1.165, 1.54) is 6.33 Å². The molecular formula is C20H25N5O4. The van der Waals surface area contributed by atoms with Crippen LogP contribution in [-0.2, 0) is 9.53 Å². The van der Waals surface area contributed by atoms with Gasteiger partial charge in [0.2, 0.25) is 0 Å². The fraction of sp³-hybridized carbons (Fsp3) is 0.450. The number of anilines is 4. The molecule has 0 aliphatic carbocycles. The predicted octanol–water partition coefficient (Wildman–Crippen LogP) is 2.35. The number of carbonyl (C=O) groups is 1. The number of hydrogen-bond acceptors (Lipinski definition) is 9.